The van der Waals surface area contributed by atoms with E-state index in [0.717, 1.165) is 6.42 Å². The van der Waals surface area contributed by atoms with Gasteiger partial charge in [-0.15, -0.1) is 0 Å². The van der Waals surface area contributed by atoms with Crippen molar-refractivity contribution in [2.45, 2.75) is 53.4 Å². The Kier molecular flexibility index (Phi) is 2.93. The molecule has 1 aliphatic rings. The number of hydrogen-bond donors (Lipinski definition) is 1. The van der Waals surface area contributed by atoms with Crippen LogP contribution in [0.5, 0.6) is 0 Å². The first-order valence-electron chi connectivity index (χ1n) is 5.51. The van der Waals surface area contributed by atoms with E-state index >= 15 is 0 Å². The van der Waals surface area contributed by atoms with Crippen LogP contribution in [0.25, 0.3) is 0 Å². The van der Waals surface area contributed by atoms with Gasteiger partial charge in [0.05, 0.1) is 0 Å². The Morgan fingerprint density at radius 1 is 1.43 bits per heavy atom. The summed E-state index contributed by atoms with van der Waals surface area (Å²) >= 11 is 0. The molecule has 14 heavy (non-hydrogen) atoms. The molecular weight excluding hydrogens is 176 g/mol. The van der Waals surface area contributed by atoms with E-state index in [4.69, 9.17) is 5.11 Å². The molecule has 2 heteroatoms. The average molecular weight is 198 g/mol. The SMILES string of the molecule is C[C@H]1CC[C@@](C)(CCC(=O)O)C1(C)C. The summed E-state index contributed by atoms with van der Waals surface area (Å²) in [5.41, 5.74) is 0.493. The van der Waals surface area contributed by atoms with E-state index < -0.39 is 5.97 Å². The minimum absolute atomic E-state index is 0.213. The molecule has 0 amide bonds. The van der Waals surface area contributed by atoms with Crippen molar-refractivity contribution < 1.29 is 9.90 Å². The number of hydrogen-bond acceptors (Lipinski definition) is 1. The van der Waals surface area contributed by atoms with Gasteiger partial charge in [-0.25, -0.2) is 0 Å². The Bertz CT molecular complexity index is 232. The molecule has 1 N–H and O–H groups in total. The average Bonchev–Trinajstić information content (AvgIpc) is 2.27. The van der Waals surface area contributed by atoms with Gasteiger partial charge in [-0.05, 0) is 36.0 Å². The van der Waals surface area contributed by atoms with Crippen molar-refractivity contribution in [2.24, 2.45) is 16.7 Å². The Hall–Kier alpha value is -0.530. The van der Waals surface area contributed by atoms with Gasteiger partial charge in [0.2, 0.25) is 0 Å². The number of carboxylic acid groups (broad SMARTS) is 1. The van der Waals surface area contributed by atoms with Crippen molar-refractivity contribution in [1.29, 1.82) is 0 Å². The normalized spacial score (nSPS) is 35.9. The van der Waals surface area contributed by atoms with Crippen molar-refractivity contribution in [3.05, 3.63) is 0 Å². The molecule has 1 rings (SSSR count). The Balaban J connectivity index is 2.69. The predicted molar refractivity (Wildman–Crippen MR) is 57.2 cm³/mol. The molecular formula is C12H22O2. The number of carboxylic acids is 1. The van der Waals surface area contributed by atoms with Crippen molar-refractivity contribution in [3.8, 4) is 0 Å². The molecule has 0 bridgehead atoms. The zero-order valence-electron chi connectivity index (χ0n) is 9.76. The van der Waals surface area contributed by atoms with Crippen LogP contribution in [0, 0.1) is 16.7 Å². The first kappa shape index (κ1) is 11.5. The summed E-state index contributed by atoms with van der Waals surface area (Å²) in [7, 11) is 0. The smallest absolute Gasteiger partial charge is 0.303 e. The number of rotatable bonds is 3. The molecule has 1 saturated carbocycles. The van der Waals surface area contributed by atoms with Gasteiger partial charge in [-0.2, -0.15) is 0 Å². The summed E-state index contributed by atoms with van der Waals surface area (Å²) in [5, 5.41) is 8.72. The van der Waals surface area contributed by atoms with Crippen LogP contribution >= 0.6 is 0 Å². The Morgan fingerprint density at radius 3 is 2.36 bits per heavy atom. The van der Waals surface area contributed by atoms with Gasteiger partial charge in [-0.3, -0.25) is 4.79 Å². The van der Waals surface area contributed by atoms with Crippen LogP contribution in [-0.2, 0) is 4.79 Å². The Labute approximate surface area is 86.7 Å². The second-order valence-corrected chi connectivity index (χ2v) is 5.62. The fourth-order valence-electron chi connectivity index (χ4n) is 2.64. The molecule has 0 heterocycles. The van der Waals surface area contributed by atoms with Crippen molar-refractivity contribution >= 4 is 5.97 Å². The summed E-state index contributed by atoms with van der Waals surface area (Å²) in [5.74, 6) is 0.0443. The van der Waals surface area contributed by atoms with E-state index in [1.54, 1.807) is 0 Å². The highest BCUT2D eigenvalue weighted by Crippen LogP contribution is 2.57. The van der Waals surface area contributed by atoms with Crippen LogP contribution in [-0.4, -0.2) is 11.1 Å². The topological polar surface area (TPSA) is 37.3 Å². The lowest BCUT2D eigenvalue weighted by Crippen LogP contribution is -2.33. The summed E-state index contributed by atoms with van der Waals surface area (Å²) < 4.78 is 0. The fraction of sp³-hybridized carbons (Fsp3) is 0.917. The molecule has 82 valence electrons. The highest BCUT2D eigenvalue weighted by Gasteiger charge is 2.48. The molecule has 1 aliphatic carbocycles. The quantitative estimate of drug-likeness (QED) is 0.755. The Morgan fingerprint density at radius 2 is 2.00 bits per heavy atom. The van der Waals surface area contributed by atoms with Gasteiger partial charge >= 0.3 is 5.97 Å². The first-order valence-corrected chi connectivity index (χ1v) is 5.51. The number of carbonyl (C=O) groups is 1. The second-order valence-electron chi connectivity index (χ2n) is 5.62. The first-order chi connectivity index (χ1) is 6.29. The third-order valence-corrected chi connectivity index (χ3v) is 4.81. The summed E-state index contributed by atoms with van der Waals surface area (Å²) in [6.07, 6.45) is 3.55. The monoisotopic (exact) mass is 198 g/mol. The van der Waals surface area contributed by atoms with Crippen molar-refractivity contribution in [1.82, 2.24) is 0 Å². The van der Waals surface area contributed by atoms with E-state index in [-0.39, 0.29) is 10.8 Å². The van der Waals surface area contributed by atoms with E-state index in [1.165, 1.54) is 12.8 Å². The van der Waals surface area contributed by atoms with Crippen LogP contribution in [0.3, 0.4) is 0 Å². The van der Waals surface area contributed by atoms with Crippen molar-refractivity contribution in [3.63, 3.8) is 0 Å². The lowest BCUT2D eigenvalue weighted by Gasteiger charge is -2.41. The molecule has 0 aromatic rings. The van der Waals surface area contributed by atoms with Gasteiger partial charge in [0.1, 0.15) is 0 Å². The summed E-state index contributed by atoms with van der Waals surface area (Å²) in [6.45, 7) is 9.10. The lowest BCUT2D eigenvalue weighted by atomic mass is 9.64. The minimum Gasteiger partial charge on any atom is -0.481 e. The second kappa shape index (κ2) is 3.56. The molecule has 0 aromatic heterocycles. The standard InChI is InChI=1S/C12H22O2/c1-9-5-7-12(4,11(9,2)3)8-6-10(13)14/h9H,5-8H2,1-4H3,(H,13,14)/t9-,12-/m0/s1. The maximum Gasteiger partial charge on any atom is 0.303 e. The third kappa shape index (κ3) is 1.79. The van der Waals surface area contributed by atoms with Gasteiger partial charge in [0.25, 0.3) is 0 Å². The largest absolute Gasteiger partial charge is 0.481 e. The van der Waals surface area contributed by atoms with Crippen LogP contribution in [0.4, 0.5) is 0 Å². The molecule has 0 saturated heterocycles. The zero-order chi connectivity index (χ0) is 11.0. The van der Waals surface area contributed by atoms with Gasteiger partial charge in [0, 0.05) is 6.42 Å². The summed E-state index contributed by atoms with van der Waals surface area (Å²) in [6, 6.07) is 0. The van der Waals surface area contributed by atoms with Crippen LogP contribution in [0.1, 0.15) is 53.4 Å². The van der Waals surface area contributed by atoms with Gasteiger partial charge in [-0.1, -0.05) is 27.7 Å². The molecule has 2 nitrogen and oxygen atoms in total. The zero-order valence-corrected chi connectivity index (χ0v) is 9.76. The molecule has 0 aliphatic heterocycles. The van der Waals surface area contributed by atoms with Gasteiger partial charge < -0.3 is 5.11 Å². The highest BCUT2D eigenvalue weighted by atomic mass is 16.4. The molecule has 0 aromatic carbocycles. The van der Waals surface area contributed by atoms with Crippen LogP contribution in [0.2, 0.25) is 0 Å². The predicted octanol–water partition coefficient (Wildman–Crippen LogP) is 3.31. The fourth-order valence-corrected chi connectivity index (χ4v) is 2.64. The van der Waals surface area contributed by atoms with E-state index in [9.17, 15) is 4.79 Å². The van der Waals surface area contributed by atoms with E-state index in [0.29, 0.717) is 12.3 Å². The highest BCUT2D eigenvalue weighted by molar-refractivity contribution is 5.66. The van der Waals surface area contributed by atoms with Crippen molar-refractivity contribution in [2.75, 3.05) is 0 Å². The maximum atomic E-state index is 10.6. The van der Waals surface area contributed by atoms with E-state index in [2.05, 4.69) is 27.7 Å². The molecule has 1 fully saturated rings. The molecule has 0 unspecified atom stereocenters. The van der Waals surface area contributed by atoms with E-state index in [1.807, 2.05) is 0 Å². The maximum absolute atomic E-state index is 10.6. The van der Waals surface area contributed by atoms with Gasteiger partial charge in [0.15, 0.2) is 0 Å². The van der Waals surface area contributed by atoms with Crippen LogP contribution < -0.4 is 0 Å². The third-order valence-electron chi connectivity index (χ3n) is 4.81. The lowest BCUT2D eigenvalue weighted by molar-refractivity contribution is -0.138. The minimum atomic E-state index is -0.665. The molecule has 0 radical (unpaired) electrons. The molecule has 0 spiro atoms. The van der Waals surface area contributed by atoms with Crippen LogP contribution in [0.15, 0.2) is 0 Å². The number of aliphatic carboxylic acids is 1. The summed E-state index contributed by atoms with van der Waals surface area (Å²) in [4.78, 5) is 10.6. The molecule has 2 atom stereocenters.